The van der Waals surface area contributed by atoms with Gasteiger partial charge in [-0.3, -0.25) is 4.90 Å². The van der Waals surface area contributed by atoms with Gasteiger partial charge < -0.3 is 10.1 Å². The van der Waals surface area contributed by atoms with Crippen LogP contribution in [0.5, 0.6) is 5.75 Å². The lowest BCUT2D eigenvalue weighted by molar-refractivity contribution is 0.141. The summed E-state index contributed by atoms with van der Waals surface area (Å²) in [5.41, 5.74) is 2.84. The standard InChI is InChI=1S/C17H26N2O/c1-3-16-12-19(13(2)11-18-16)8-6-14-4-5-17-15(10-14)7-9-20-17/h4-5,10,13,16,18H,3,6-9,11-12H2,1-2H3. The molecule has 3 nitrogen and oxygen atoms in total. The molecule has 0 radical (unpaired) electrons. The number of rotatable bonds is 4. The van der Waals surface area contributed by atoms with E-state index in [1.54, 1.807) is 0 Å². The lowest BCUT2D eigenvalue weighted by Crippen LogP contribution is -2.55. The van der Waals surface area contributed by atoms with Gasteiger partial charge in [0, 0.05) is 38.1 Å². The second-order valence-corrected chi connectivity index (χ2v) is 6.15. The first-order valence-corrected chi connectivity index (χ1v) is 7.98. The van der Waals surface area contributed by atoms with E-state index in [1.807, 2.05) is 0 Å². The van der Waals surface area contributed by atoms with Crippen LogP contribution in [0, 0.1) is 0 Å². The molecular formula is C17H26N2O. The summed E-state index contributed by atoms with van der Waals surface area (Å²) in [4.78, 5) is 2.63. The van der Waals surface area contributed by atoms with Gasteiger partial charge in [0.05, 0.1) is 6.61 Å². The molecule has 3 heteroatoms. The minimum absolute atomic E-state index is 0.649. The molecular weight excluding hydrogens is 248 g/mol. The third kappa shape index (κ3) is 2.99. The molecule has 1 saturated heterocycles. The van der Waals surface area contributed by atoms with Crippen molar-refractivity contribution in [3.8, 4) is 5.75 Å². The third-order valence-corrected chi connectivity index (χ3v) is 4.71. The molecule has 0 spiro atoms. The number of piperazine rings is 1. The monoisotopic (exact) mass is 274 g/mol. The van der Waals surface area contributed by atoms with Gasteiger partial charge >= 0.3 is 0 Å². The largest absolute Gasteiger partial charge is 0.493 e. The molecule has 1 fully saturated rings. The molecule has 20 heavy (non-hydrogen) atoms. The Kier molecular flexibility index (Phi) is 4.27. The van der Waals surface area contributed by atoms with Gasteiger partial charge in [0.1, 0.15) is 5.75 Å². The molecule has 1 aromatic carbocycles. The van der Waals surface area contributed by atoms with Crippen LogP contribution in [0.4, 0.5) is 0 Å². The van der Waals surface area contributed by atoms with E-state index in [9.17, 15) is 0 Å². The van der Waals surface area contributed by atoms with Crippen molar-refractivity contribution in [2.45, 2.75) is 45.2 Å². The molecule has 2 unspecified atom stereocenters. The van der Waals surface area contributed by atoms with Crippen molar-refractivity contribution in [3.05, 3.63) is 29.3 Å². The number of nitrogens with one attached hydrogen (secondary N) is 1. The first-order chi connectivity index (χ1) is 9.76. The highest BCUT2D eigenvalue weighted by Crippen LogP contribution is 2.26. The maximum Gasteiger partial charge on any atom is 0.122 e. The Balaban J connectivity index is 1.58. The van der Waals surface area contributed by atoms with E-state index in [-0.39, 0.29) is 0 Å². The summed E-state index contributed by atoms with van der Waals surface area (Å²) in [5, 5.41) is 3.62. The van der Waals surface area contributed by atoms with Gasteiger partial charge in [-0.05, 0) is 37.0 Å². The van der Waals surface area contributed by atoms with Crippen LogP contribution in [0.25, 0.3) is 0 Å². The summed E-state index contributed by atoms with van der Waals surface area (Å²) in [6.45, 7) is 8.93. The van der Waals surface area contributed by atoms with Crippen molar-refractivity contribution in [2.24, 2.45) is 0 Å². The predicted molar refractivity (Wildman–Crippen MR) is 82.5 cm³/mol. The average Bonchev–Trinajstić information content (AvgIpc) is 2.94. The second-order valence-electron chi connectivity index (χ2n) is 6.15. The molecule has 0 aromatic heterocycles. The van der Waals surface area contributed by atoms with Gasteiger partial charge in [-0.15, -0.1) is 0 Å². The van der Waals surface area contributed by atoms with E-state index < -0.39 is 0 Å². The van der Waals surface area contributed by atoms with Crippen molar-refractivity contribution in [2.75, 3.05) is 26.2 Å². The molecule has 0 bridgehead atoms. The van der Waals surface area contributed by atoms with E-state index in [0.717, 1.165) is 31.7 Å². The highest BCUT2D eigenvalue weighted by Gasteiger charge is 2.23. The Morgan fingerprint density at radius 1 is 1.40 bits per heavy atom. The van der Waals surface area contributed by atoms with Crippen LogP contribution < -0.4 is 10.1 Å². The van der Waals surface area contributed by atoms with Gasteiger partial charge in [0.15, 0.2) is 0 Å². The smallest absolute Gasteiger partial charge is 0.122 e. The fraction of sp³-hybridized carbons (Fsp3) is 0.647. The van der Waals surface area contributed by atoms with E-state index in [1.165, 1.54) is 30.6 Å². The SMILES string of the molecule is CCC1CN(CCc2ccc3c(c2)CCO3)C(C)CN1. The second kappa shape index (κ2) is 6.15. The number of nitrogens with zero attached hydrogens (tertiary/aromatic N) is 1. The zero-order valence-electron chi connectivity index (χ0n) is 12.7. The van der Waals surface area contributed by atoms with E-state index >= 15 is 0 Å². The molecule has 0 saturated carbocycles. The maximum absolute atomic E-state index is 5.57. The number of hydrogen-bond acceptors (Lipinski definition) is 3. The number of fused-ring (bicyclic) bond motifs is 1. The van der Waals surface area contributed by atoms with Crippen LogP contribution in [-0.4, -0.2) is 43.2 Å². The molecule has 110 valence electrons. The lowest BCUT2D eigenvalue weighted by atomic mass is 10.0. The van der Waals surface area contributed by atoms with Crippen LogP contribution in [0.2, 0.25) is 0 Å². The quantitative estimate of drug-likeness (QED) is 0.911. The van der Waals surface area contributed by atoms with Crippen molar-refractivity contribution in [3.63, 3.8) is 0 Å². The minimum atomic E-state index is 0.649. The highest BCUT2D eigenvalue weighted by molar-refractivity contribution is 5.39. The van der Waals surface area contributed by atoms with Crippen molar-refractivity contribution in [1.29, 1.82) is 0 Å². The molecule has 3 rings (SSSR count). The fourth-order valence-corrected chi connectivity index (χ4v) is 3.25. The topological polar surface area (TPSA) is 24.5 Å². The summed E-state index contributed by atoms with van der Waals surface area (Å²) in [7, 11) is 0. The maximum atomic E-state index is 5.57. The number of benzene rings is 1. The normalized spacial score (nSPS) is 26.3. The molecule has 2 atom stereocenters. The van der Waals surface area contributed by atoms with Crippen LogP contribution in [0.15, 0.2) is 18.2 Å². The van der Waals surface area contributed by atoms with Crippen molar-refractivity contribution < 1.29 is 4.74 Å². The Hall–Kier alpha value is -1.06. The Bertz CT molecular complexity index is 460. The van der Waals surface area contributed by atoms with Crippen molar-refractivity contribution in [1.82, 2.24) is 10.2 Å². The Labute approximate surface area is 122 Å². The molecule has 1 N–H and O–H groups in total. The van der Waals surface area contributed by atoms with E-state index in [4.69, 9.17) is 4.74 Å². The van der Waals surface area contributed by atoms with Crippen molar-refractivity contribution >= 4 is 0 Å². The van der Waals surface area contributed by atoms with E-state index in [0.29, 0.717) is 12.1 Å². The summed E-state index contributed by atoms with van der Waals surface area (Å²) < 4.78 is 5.57. The van der Waals surface area contributed by atoms with Crippen LogP contribution in [0.3, 0.4) is 0 Å². The summed E-state index contributed by atoms with van der Waals surface area (Å²) in [6.07, 6.45) is 3.44. The molecule has 2 heterocycles. The Morgan fingerprint density at radius 3 is 3.15 bits per heavy atom. The van der Waals surface area contributed by atoms with Crippen LogP contribution in [-0.2, 0) is 12.8 Å². The molecule has 0 amide bonds. The number of hydrogen-bond donors (Lipinski definition) is 1. The van der Waals surface area contributed by atoms with E-state index in [2.05, 4.69) is 42.3 Å². The van der Waals surface area contributed by atoms with Gasteiger partial charge in [0.2, 0.25) is 0 Å². The summed E-state index contributed by atoms with van der Waals surface area (Å²) in [6, 6.07) is 8.03. The zero-order valence-corrected chi connectivity index (χ0v) is 12.7. The highest BCUT2D eigenvalue weighted by atomic mass is 16.5. The Morgan fingerprint density at radius 2 is 2.30 bits per heavy atom. The van der Waals surface area contributed by atoms with Crippen LogP contribution >= 0.6 is 0 Å². The first kappa shape index (κ1) is 13.9. The summed E-state index contributed by atoms with van der Waals surface area (Å²) in [5.74, 6) is 1.09. The summed E-state index contributed by atoms with van der Waals surface area (Å²) >= 11 is 0. The fourth-order valence-electron chi connectivity index (χ4n) is 3.25. The predicted octanol–water partition coefficient (Wildman–Crippen LogP) is 2.24. The van der Waals surface area contributed by atoms with Gasteiger partial charge in [-0.2, -0.15) is 0 Å². The lowest BCUT2D eigenvalue weighted by Gasteiger charge is -2.38. The van der Waals surface area contributed by atoms with Gasteiger partial charge in [-0.25, -0.2) is 0 Å². The first-order valence-electron chi connectivity index (χ1n) is 7.98. The zero-order chi connectivity index (χ0) is 13.9. The molecule has 1 aromatic rings. The molecule has 0 aliphatic carbocycles. The molecule has 2 aliphatic heterocycles. The van der Waals surface area contributed by atoms with Crippen LogP contribution in [0.1, 0.15) is 31.4 Å². The average molecular weight is 274 g/mol. The van der Waals surface area contributed by atoms with Gasteiger partial charge in [-0.1, -0.05) is 19.1 Å². The van der Waals surface area contributed by atoms with Gasteiger partial charge in [0.25, 0.3) is 0 Å². The molecule has 2 aliphatic rings. The number of ether oxygens (including phenoxy) is 1. The minimum Gasteiger partial charge on any atom is -0.493 e. The third-order valence-electron chi connectivity index (χ3n) is 4.71.